The second-order valence-corrected chi connectivity index (χ2v) is 9.65. The minimum Gasteiger partial charge on any atom is -0.496 e. The van der Waals surface area contributed by atoms with Crippen LogP contribution >= 0.6 is 0 Å². The summed E-state index contributed by atoms with van der Waals surface area (Å²) in [6.07, 6.45) is 0. The van der Waals surface area contributed by atoms with Crippen molar-refractivity contribution in [2.75, 3.05) is 26.7 Å². The van der Waals surface area contributed by atoms with Crippen LogP contribution in [-0.2, 0) is 6.54 Å². The number of ether oxygens (including phenoxy) is 1. The molecule has 1 heterocycles. The first kappa shape index (κ1) is 24.0. The van der Waals surface area contributed by atoms with E-state index in [1.807, 2.05) is 42.5 Å². The molecule has 4 heteroatoms. The second-order valence-electron chi connectivity index (χ2n) is 9.65. The van der Waals surface area contributed by atoms with Crippen molar-refractivity contribution in [1.82, 2.24) is 9.80 Å². The highest BCUT2D eigenvalue weighted by Gasteiger charge is 2.37. The lowest BCUT2D eigenvalue weighted by Crippen LogP contribution is -2.42. The Balaban J connectivity index is 1.60. The maximum absolute atomic E-state index is 13.4. The molecule has 2 unspecified atom stereocenters. The SMILES string of the molecule is COc1ccccc1CN1CC(CN(C(=O)c2ccccc2)C(C)C)C(c2ccccc2C)C1. The van der Waals surface area contributed by atoms with Gasteiger partial charge in [-0.05, 0) is 56.0 Å². The smallest absolute Gasteiger partial charge is 0.254 e. The average molecular weight is 457 g/mol. The maximum atomic E-state index is 13.4. The molecule has 0 N–H and O–H groups in total. The van der Waals surface area contributed by atoms with Crippen LogP contribution in [0.1, 0.15) is 46.8 Å². The fraction of sp³-hybridized carbons (Fsp3) is 0.367. The van der Waals surface area contributed by atoms with Crippen LogP contribution in [-0.4, -0.2) is 48.5 Å². The standard InChI is InChI=1S/C30H36N2O2/c1-22(2)32(30(33)24-13-6-5-7-14-24)20-26-19-31(18-25-15-9-11-17-29(25)34-4)21-28(26)27-16-10-8-12-23(27)3/h5-17,22,26,28H,18-21H2,1-4H3. The number of nitrogens with zero attached hydrogens (tertiary/aromatic N) is 2. The van der Waals surface area contributed by atoms with Crippen molar-refractivity contribution in [3.63, 3.8) is 0 Å². The fourth-order valence-electron chi connectivity index (χ4n) is 5.23. The van der Waals surface area contributed by atoms with E-state index in [-0.39, 0.29) is 11.9 Å². The van der Waals surface area contributed by atoms with Crippen molar-refractivity contribution < 1.29 is 9.53 Å². The molecule has 0 aromatic heterocycles. The van der Waals surface area contributed by atoms with Crippen molar-refractivity contribution >= 4 is 5.91 Å². The number of benzene rings is 3. The normalized spacial score (nSPS) is 18.3. The summed E-state index contributed by atoms with van der Waals surface area (Å²) in [5, 5.41) is 0. The van der Waals surface area contributed by atoms with Gasteiger partial charge in [0.15, 0.2) is 0 Å². The lowest BCUT2D eigenvalue weighted by molar-refractivity contribution is 0.0668. The van der Waals surface area contributed by atoms with Gasteiger partial charge in [0.1, 0.15) is 5.75 Å². The van der Waals surface area contributed by atoms with Gasteiger partial charge in [-0.3, -0.25) is 9.69 Å². The molecule has 4 rings (SSSR count). The highest BCUT2D eigenvalue weighted by molar-refractivity contribution is 5.94. The molecule has 0 aliphatic carbocycles. The molecule has 1 amide bonds. The Morgan fingerprint density at radius 1 is 0.971 bits per heavy atom. The highest BCUT2D eigenvalue weighted by atomic mass is 16.5. The summed E-state index contributed by atoms with van der Waals surface area (Å²) in [5.74, 6) is 1.77. The highest BCUT2D eigenvalue weighted by Crippen LogP contribution is 2.37. The summed E-state index contributed by atoms with van der Waals surface area (Å²) in [6.45, 7) is 9.94. The van der Waals surface area contributed by atoms with E-state index in [2.05, 4.69) is 67.0 Å². The zero-order chi connectivity index (χ0) is 24.1. The van der Waals surface area contributed by atoms with E-state index in [1.165, 1.54) is 16.7 Å². The number of carbonyl (C=O) groups is 1. The molecular weight excluding hydrogens is 420 g/mol. The zero-order valence-electron chi connectivity index (χ0n) is 20.8. The van der Waals surface area contributed by atoms with Gasteiger partial charge in [-0.2, -0.15) is 0 Å². The third-order valence-electron chi connectivity index (χ3n) is 7.03. The summed E-state index contributed by atoms with van der Waals surface area (Å²) in [6, 6.07) is 26.8. The van der Waals surface area contributed by atoms with Gasteiger partial charge in [0.2, 0.25) is 0 Å². The number of hydrogen-bond donors (Lipinski definition) is 0. The van der Waals surface area contributed by atoms with Crippen LogP contribution in [0, 0.1) is 12.8 Å². The van der Waals surface area contributed by atoms with Crippen molar-refractivity contribution in [2.24, 2.45) is 5.92 Å². The van der Waals surface area contributed by atoms with Gasteiger partial charge in [-0.15, -0.1) is 0 Å². The molecule has 1 aliphatic rings. The minimum atomic E-state index is 0.113. The third-order valence-corrected chi connectivity index (χ3v) is 7.03. The van der Waals surface area contributed by atoms with E-state index in [4.69, 9.17) is 4.74 Å². The molecule has 2 atom stereocenters. The van der Waals surface area contributed by atoms with Gasteiger partial charge in [-0.25, -0.2) is 0 Å². The molecule has 1 fully saturated rings. The Kier molecular flexibility index (Phi) is 7.69. The van der Waals surface area contributed by atoms with Crippen LogP contribution in [0.2, 0.25) is 0 Å². The number of carbonyl (C=O) groups excluding carboxylic acids is 1. The van der Waals surface area contributed by atoms with Crippen molar-refractivity contribution in [1.29, 1.82) is 0 Å². The molecule has 0 bridgehead atoms. The number of likely N-dealkylation sites (tertiary alicyclic amines) is 1. The monoisotopic (exact) mass is 456 g/mol. The van der Waals surface area contributed by atoms with Crippen molar-refractivity contribution in [3.8, 4) is 5.75 Å². The first-order chi connectivity index (χ1) is 16.5. The second kappa shape index (κ2) is 10.9. The van der Waals surface area contributed by atoms with Crippen LogP contribution in [0.5, 0.6) is 5.75 Å². The fourth-order valence-corrected chi connectivity index (χ4v) is 5.23. The van der Waals surface area contributed by atoms with E-state index < -0.39 is 0 Å². The number of methoxy groups -OCH3 is 1. The molecule has 1 aliphatic heterocycles. The summed E-state index contributed by atoms with van der Waals surface area (Å²) in [7, 11) is 1.73. The van der Waals surface area contributed by atoms with Crippen LogP contribution in [0.15, 0.2) is 78.9 Å². The number of hydrogen-bond acceptors (Lipinski definition) is 3. The van der Waals surface area contributed by atoms with Gasteiger partial charge in [0.25, 0.3) is 5.91 Å². The minimum absolute atomic E-state index is 0.113. The molecule has 0 spiro atoms. The molecule has 34 heavy (non-hydrogen) atoms. The Bertz CT molecular complexity index is 1100. The molecule has 4 nitrogen and oxygen atoms in total. The average Bonchev–Trinajstić information content (AvgIpc) is 3.25. The molecule has 0 saturated carbocycles. The Labute approximate surface area is 204 Å². The summed E-state index contributed by atoms with van der Waals surface area (Å²) >= 11 is 0. The quantitative estimate of drug-likeness (QED) is 0.431. The number of rotatable bonds is 8. The lowest BCUT2D eigenvalue weighted by Gasteiger charge is -2.32. The van der Waals surface area contributed by atoms with E-state index >= 15 is 0 Å². The van der Waals surface area contributed by atoms with Crippen molar-refractivity contribution in [3.05, 3.63) is 101 Å². The van der Waals surface area contributed by atoms with Crippen LogP contribution in [0.3, 0.4) is 0 Å². The topological polar surface area (TPSA) is 32.8 Å². The Morgan fingerprint density at radius 3 is 2.35 bits per heavy atom. The van der Waals surface area contributed by atoms with E-state index in [0.717, 1.165) is 37.5 Å². The first-order valence-corrected chi connectivity index (χ1v) is 12.2. The Morgan fingerprint density at radius 2 is 1.65 bits per heavy atom. The maximum Gasteiger partial charge on any atom is 0.254 e. The van der Waals surface area contributed by atoms with E-state index in [9.17, 15) is 4.79 Å². The van der Waals surface area contributed by atoms with Gasteiger partial charge < -0.3 is 9.64 Å². The van der Waals surface area contributed by atoms with Gasteiger partial charge in [0, 0.05) is 49.3 Å². The van der Waals surface area contributed by atoms with Crippen molar-refractivity contribution in [2.45, 2.75) is 39.3 Å². The third kappa shape index (κ3) is 5.34. The van der Waals surface area contributed by atoms with Crippen LogP contribution in [0.25, 0.3) is 0 Å². The molecular formula is C30H36N2O2. The lowest BCUT2D eigenvalue weighted by atomic mass is 9.86. The number of amides is 1. The predicted molar refractivity (Wildman–Crippen MR) is 138 cm³/mol. The number of aryl methyl sites for hydroxylation is 1. The molecule has 0 radical (unpaired) electrons. The summed E-state index contributed by atoms with van der Waals surface area (Å²) < 4.78 is 5.61. The zero-order valence-corrected chi connectivity index (χ0v) is 20.8. The van der Waals surface area contributed by atoms with Crippen LogP contribution in [0.4, 0.5) is 0 Å². The van der Waals surface area contributed by atoms with E-state index in [1.54, 1.807) is 7.11 Å². The predicted octanol–water partition coefficient (Wildman–Crippen LogP) is 5.77. The molecule has 3 aromatic carbocycles. The van der Waals surface area contributed by atoms with Gasteiger partial charge in [0.05, 0.1) is 7.11 Å². The molecule has 3 aromatic rings. The van der Waals surface area contributed by atoms with Gasteiger partial charge >= 0.3 is 0 Å². The van der Waals surface area contributed by atoms with Gasteiger partial charge in [-0.1, -0.05) is 60.7 Å². The summed E-state index contributed by atoms with van der Waals surface area (Å²) in [5.41, 5.74) is 4.68. The van der Waals surface area contributed by atoms with Crippen LogP contribution < -0.4 is 4.74 Å². The summed E-state index contributed by atoms with van der Waals surface area (Å²) in [4.78, 5) is 18.0. The molecule has 1 saturated heterocycles. The number of para-hydroxylation sites is 1. The largest absolute Gasteiger partial charge is 0.496 e. The first-order valence-electron chi connectivity index (χ1n) is 12.2. The molecule has 178 valence electrons. The Hall–Kier alpha value is -3.11. The van der Waals surface area contributed by atoms with E-state index in [0.29, 0.717) is 11.8 Å².